The lowest BCUT2D eigenvalue weighted by atomic mass is 9.94. The molecule has 0 saturated carbocycles. The second-order valence-electron chi connectivity index (χ2n) is 8.47. The van der Waals surface area contributed by atoms with E-state index in [1.54, 1.807) is 71.1 Å². The van der Waals surface area contributed by atoms with E-state index in [4.69, 9.17) is 9.53 Å². The number of carboxylic acid groups (broad SMARTS) is 1. The Labute approximate surface area is 255 Å². The van der Waals surface area contributed by atoms with Crippen LogP contribution in [0.4, 0.5) is 18.9 Å². The van der Waals surface area contributed by atoms with Gasteiger partial charge in [-0.1, -0.05) is 34.1 Å². The molecule has 6 nitrogen and oxygen atoms in total. The molecule has 0 bridgehead atoms. The van der Waals surface area contributed by atoms with E-state index < -0.39 is 11.6 Å². The fourth-order valence-electron chi connectivity index (χ4n) is 3.74. The average Bonchev–Trinajstić information content (AvgIpc) is 3.00. The molecule has 0 fully saturated rings. The van der Waals surface area contributed by atoms with Crippen LogP contribution in [0.3, 0.4) is 0 Å². The molecule has 2 unspecified atom stereocenters. The van der Waals surface area contributed by atoms with E-state index in [0.717, 1.165) is 17.4 Å². The maximum atomic E-state index is 13.9. The van der Waals surface area contributed by atoms with Gasteiger partial charge in [0.2, 0.25) is 0 Å². The summed E-state index contributed by atoms with van der Waals surface area (Å²) < 4.78 is 45.3. The van der Waals surface area contributed by atoms with Crippen LogP contribution in [0.5, 0.6) is 5.75 Å². The first-order chi connectivity index (χ1) is 20.5. The van der Waals surface area contributed by atoms with Crippen LogP contribution >= 0.6 is 18.5 Å². The van der Waals surface area contributed by atoms with Crippen LogP contribution < -0.4 is 10.1 Å². The zero-order valence-electron chi connectivity index (χ0n) is 24.5. The zero-order chi connectivity index (χ0) is 32.4. The quantitative estimate of drug-likeness (QED) is 0.152. The zero-order valence-corrected chi connectivity index (χ0v) is 26.8. The summed E-state index contributed by atoms with van der Waals surface area (Å²) in [5.74, 6) is -0.698. The first-order valence-electron chi connectivity index (χ1n) is 13.1. The van der Waals surface area contributed by atoms with E-state index in [2.05, 4.69) is 19.5 Å². The van der Waals surface area contributed by atoms with Crippen LogP contribution in [0.2, 0.25) is 0 Å². The summed E-state index contributed by atoms with van der Waals surface area (Å²) in [6, 6.07) is 19.0. The number of hydrogen-bond donors (Lipinski definition) is 2. The van der Waals surface area contributed by atoms with Gasteiger partial charge in [0.05, 0.1) is 12.2 Å². The smallest absolute Gasteiger partial charge is 0.335 e. The molecule has 0 aliphatic carbocycles. The predicted octanol–water partition coefficient (Wildman–Crippen LogP) is 7.92. The lowest BCUT2D eigenvalue weighted by molar-refractivity contribution is -0.106. The third-order valence-electron chi connectivity index (χ3n) is 5.54. The van der Waals surface area contributed by atoms with Gasteiger partial charge in [-0.15, -0.1) is 9.24 Å². The first-order valence-corrected chi connectivity index (χ1v) is 14.9. The summed E-state index contributed by atoms with van der Waals surface area (Å²) in [5.41, 5.74) is 0.408. The molecule has 43 heavy (non-hydrogen) atoms. The number of aromatic nitrogens is 1. The molecular formula is C32H37F3N2O4P2. The fraction of sp³-hybridized carbons (Fsp3) is 0.219. The summed E-state index contributed by atoms with van der Waals surface area (Å²) in [5, 5.41) is 12.4. The molecule has 0 spiro atoms. The topological polar surface area (TPSA) is 88.5 Å². The first kappa shape index (κ1) is 37.2. The second-order valence-corrected chi connectivity index (χ2v) is 9.20. The van der Waals surface area contributed by atoms with Crippen molar-refractivity contribution in [3.63, 3.8) is 0 Å². The highest BCUT2D eigenvalue weighted by Gasteiger charge is 2.26. The molecule has 4 rings (SSSR count). The van der Waals surface area contributed by atoms with Crippen molar-refractivity contribution in [2.75, 3.05) is 25.6 Å². The van der Waals surface area contributed by atoms with Crippen molar-refractivity contribution in [3.8, 4) is 16.9 Å². The number of halogens is 3. The lowest BCUT2D eigenvalue weighted by Crippen LogP contribution is -2.06. The normalized spacial score (nSPS) is 9.98. The van der Waals surface area contributed by atoms with Gasteiger partial charge < -0.3 is 20.0 Å². The Balaban J connectivity index is 0.000000649. The number of pyridine rings is 1. The molecule has 0 saturated heterocycles. The van der Waals surface area contributed by atoms with Gasteiger partial charge in [-0.2, -0.15) is 8.78 Å². The number of carbonyl (C=O) groups excluding carboxylic acids is 1. The van der Waals surface area contributed by atoms with Crippen molar-refractivity contribution in [1.29, 1.82) is 0 Å². The maximum absolute atomic E-state index is 13.9. The molecule has 0 aliphatic rings. The van der Waals surface area contributed by atoms with E-state index in [-0.39, 0.29) is 16.9 Å². The van der Waals surface area contributed by atoms with Crippen LogP contribution in [-0.2, 0) is 16.9 Å². The Bertz CT molecular complexity index is 1440. The summed E-state index contributed by atoms with van der Waals surface area (Å²) >= 11 is 0. The molecule has 0 aliphatic heterocycles. The van der Waals surface area contributed by atoms with Gasteiger partial charge in [0, 0.05) is 37.1 Å². The number of anilines is 1. The Morgan fingerprint density at radius 1 is 1.05 bits per heavy atom. The minimum atomic E-state index is -3.06. The van der Waals surface area contributed by atoms with Crippen molar-refractivity contribution < 1.29 is 32.6 Å². The van der Waals surface area contributed by atoms with E-state index in [1.807, 2.05) is 19.7 Å². The predicted molar refractivity (Wildman–Crippen MR) is 174 cm³/mol. The highest BCUT2D eigenvalue weighted by Crippen LogP contribution is 2.38. The average molecular weight is 633 g/mol. The molecular weight excluding hydrogens is 595 g/mol. The summed E-state index contributed by atoms with van der Waals surface area (Å²) in [4.78, 5) is 24.5. The minimum Gasteiger partial charge on any atom is -0.494 e. The fourth-order valence-corrected chi connectivity index (χ4v) is 3.92. The number of rotatable bonds is 8. The molecule has 230 valence electrons. The highest BCUT2D eigenvalue weighted by molar-refractivity contribution is 7.17. The van der Waals surface area contributed by atoms with E-state index in [0.29, 0.717) is 35.6 Å². The van der Waals surface area contributed by atoms with Gasteiger partial charge in [-0.3, -0.25) is 4.98 Å². The van der Waals surface area contributed by atoms with Crippen LogP contribution in [0.25, 0.3) is 11.1 Å². The lowest BCUT2D eigenvalue weighted by Gasteiger charge is -2.17. The number of nitrogens with one attached hydrogen (secondary N) is 1. The van der Waals surface area contributed by atoms with Gasteiger partial charge in [-0.25, -0.2) is 9.18 Å². The van der Waals surface area contributed by atoms with Crippen LogP contribution in [0.1, 0.15) is 40.9 Å². The van der Waals surface area contributed by atoms with Crippen molar-refractivity contribution in [2.45, 2.75) is 25.9 Å². The standard InChI is InChI=1S/C23H23F2N2O3P.C6H5F.C2H4O.CH5P/c1-3-30-21-5-4-18(23(24,25)31)10-15(21)9-17-13-27-7-6-20(17)14-8-16(22(28)29)12-19(11-14)26-2;7-6-4-2-1-3-5-6;1-2-3;1-2/h4-8,10-13,26H,3,9,31H2,1-2H3,(H,28,29);1-5H;2H,1H3;2H2,1H3. The number of aromatic carboxylic acids is 1. The summed E-state index contributed by atoms with van der Waals surface area (Å²) in [6.07, 6.45) is 4.31. The third kappa shape index (κ3) is 12.5. The van der Waals surface area contributed by atoms with Crippen molar-refractivity contribution >= 4 is 36.4 Å². The maximum Gasteiger partial charge on any atom is 0.335 e. The van der Waals surface area contributed by atoms with Gasteiger partial charge in [0.1, 0.15) is 17.9 Å². The molecule has 2 atom stereocenters. The number of alkyl halides is 2. The largest absolute Gasteiger partial charge is 0.494 e. The van der Waals surface area contributed by atoms with Gasteiger partial charge in [-0.05, 0) is 90.7 Å². The summed E-state index contributed by atoms with van der Waals surface area (Å²) in [6.45, 7) is 5.59. The van der Waals surface area contributed by atoms with E-state index in [1.165, 1.54) is 31.2 Å². The van der Waals surface area contributed by atoms with E-state index >= 15 is 0 Å². The second kappa shape index (κ2) is 19.4. The Hall–Kier alpha value is -3.80. The number of ether oxygens (including phenoxy) is 1. The molecule has 11 heteroatoms. The Morgan fingerprint density at radius 2 is 1.70 bits per heavy atom. The SMILES string of the molecule is CC=O.CCOc1ccc(C(F)(F)P)cc1Cc1cnccc1-c1cc(NC)cc(C(=O)O)c1.CP.Fc1ccccc1. The molecule has 3 aromatic carbocycles. The van der Waals surface area contributed by atoms with Crippen LogP contribution in [0, 0.1) is 5.82 Å². The molecule has 1 heterocycles. The monoisotopic (exact) mass is 632 g/mol. The van der Waals surface area contributed by atoms with Crippen molar-refractivity contribution in [3.05, 3.63) is 113 Å². The highest BCUT2D eigenvalue weighted by atomic mass is 31.0. The number of carboxylic acids is 1. The van der Waals surface area contributed by atoms with E-state index in [9.17, 15) is 23.1 Å². The van der Waals surface area contributed by atoms with Gasteiger partial charge >= 0.3 is 5.97 Å². The van der Waals surface area contributed by atoms with Crippen LogP contribution in [0.15, 0.2) is 85.2 Å². The molecule has 0 radical (unpaired) electrons. The number of carbonyl (C=O) groups is 2. The summed E-state index contributed by atoms with van der Waals surface area (Å²) in [7, 11) is 5.67. The molecule has 1 aromatic heterocycles. The third-order valence-corrected chi connectivity index (χ3v) is 5.88. The Morgan fingerprint density at radius 3 is 2.21 bits per heavy atom. The molecule has 0 amide bonds. The molecule has 2 N–H and O–H groups in total. The van der Waals surface area contributed by atoms with Crippen LogP contribution in [-0.4, -0.2) is 42.7 Å². The number of benzene rings is 3. The van der Waals surface area contributed by atoms with Gasteiger partial charge in [0.15, 0.2) is 0 Å². The minimum absolute atomic E-state index is 0.133. The van der Waals surface area contributed by atoms with Crippen molar-refractivity contribution in [1.82, 2.24) is 4.98 Å². The van der Waals surface area contributed by atoms with Crippen molar-refractivity contribution in [2.24, 2.45) is 0 Å². The number of nitrogens with zero attached hydrogens (tertiary/aromatic N) is 1. The van der Waals surface area contributed by atoms with Gasteiger partial charge in [0.25, 0.3) is 5.66 Å². The molecule has 4 aromatic rings. The number of aldehydes is 1. The Kier molecular flexibility index (Phi) is 16.8. The number of hydrogen-bond acceptors (Lipinski definition) is 5.